The molecule has 2 aromatic carbocycles. The number of ether oxygens (including phenoxy) is 1. The molecule has 0 saturated carbocycles. The van der Waals surface area contributed by atoms with Crippen molar-refractivity contribution in [2.45, 2.75) is 32.6 Å². The molecule has 0 aromatic heterocycles. The van der Waals surface area contributed by atoms with Crippen molar-refractivity contribution >= 4 is 27.5 Å². The van der Waals surface area contributed by atoms with E-state index in [-0.39, 0.29) is 5.91 Å². The average molecular weight is 390 g/mol. The number of para-hydroxylation sites is 1. The van der Waals surface area contributed by atoms with Gasteiger partial charge in [0.15, 0.2) is 0 Å². The van der Waals surface area contributed by atoms with Crippen molar-refractivity contribution in [2.75, 3.05) is 18.6 Å². The molecule has 0 heterocycles. The Morgan fingerprint density at radius 3 is 2.50 bits per heavy atom. The van der Waals surface area contributed by atoms with Crippen molar-refractivity contribution in [3.05, 3.63) is 58.6 Å². The Labute approximate surface area is 152 Å². The van der Waals surface area contributed by atoms with Crippen LogP contribution in [0, 0.1) is 0 Å². The number of amides is 1. The Balaban J connectivity index is 1.99. The summed E-state index contributed by atoms with van der Waals surface area (Å²) >= 11 is 3.51. The highest BCUT2D eigenvalue weighted by molar-refractivity contribution is 9.10. The Morgan fingerprint density at radius 2 is 1.83 bits per heavy atom. The van der Waals surface area contributed by atoms with Crippen molar-refractivity contribution in [1.82, 2.24) is 0 Å². The molecule has 0 radical (unpaired) electrons. The lowest BCUT2D eigenvalue weighted by Crippen LogP contribution is -2.26. The van der Waals surface area contributed by atoms with E-state index in [4.69, 9.17) is 4.74 Å². The predicted octanol–water partition coefficient (Wildman–Crippen LogP) is 5.68. The number of halogens is 1. The highest BCUT2D eigenvalue weighted by Crippen LogP contribution is 2.27. The lowest BCUT2D eigenvalue weighted by Gasteiger charge is -2.18. The molecule has 4 heteroatoms. The van der Waals surface area contributed by atoms with Gasteiger partial charge < -0.3 is 9.64 Å². The van der Waals surface area contributed by atoms with Gasteiger partial charge in [-0.3, -0.25) is 4.79 Å². The van der Waals surface area contributed by atoms with Gasteiger partial charge in [0.1, 0.15) is 5.75 Å². The quantitative estimate of drug-likeness (QED) is 0.543. The minimum Gasteiger partial charge on any atom is -0.492 e. The van der Waals surface area contributed by atoms with E-state index >= 15 is 0 Å². The first-order valence-electron chi connectivity index (χ1n) is 8.39. The number of unbranched alkanes of at least 4 members (excludes halogenated alkanes) is 3. The Kier molecular flexibility index (Phi) is 7.32. The normalized spacial score (nSPS) is 10.5. The number of anilines is 1. The predicted molar refractivity (Wildman–Crippen MR) is 103 cm³/mol. The van der Waals surface area contributed by atoms with Crippen LogP contribution in [0.3, 0.4) is 0 Å². The number of carbonyl (C=O) groups is 1. The standard InChI is InChI=1S/C20H24BrNO2/c1-3-4-5-9-14-24-19-13-12-16(15-18(19)21)20(23)22(2)17-10-7-6-8-11-17/h6-8,10-13,15H,3-5,9,14H2,1-2H3. The van der Waals surface area contributed by atoms with Gasteiger partial charge in [0.2, 0.25) is 0 Å². The van der Waals surface area contributed by atoms with E-state index in [1.807, 2.05) is 48.5 Å². The number of hydrogen-bond donors (Lipinski definition) is 0. The van der Waals surface area contributed by atoms with Gasteiger partial charge in [-0.05, 0) is 52.7 Å². The largest absolute Gasteiger partial charge is 0.492 e. The monoisotopic (exact) mass is 389 g/mol. The summed E-state index contributed by atoms with van der Waals surface area (Å²) in [6, 6.07) is 15.1. The second-order valence-corrected chi connectivity index (χ2v) is 6.61. The van der Waals surface area contributed by atoms with Crippen LogP contribution in [0.15, 0.2) is 53.0 Å². The second-order valence-electron chi connectivity index (χ2n) is 5.75. The third-order valence-electron chi connectivity index (χ3n) is 3.88. The maximum atomic E-state index is 12.6. The molecule has 2 rings (SSSR count). The smallest absolute Gasteiger partial charge is 0.258 e. The van der Waals surface area contributed by atoms with Crippen molar-refractivity contribution in [3.8, 4) is 5.75 Å². The lowest BCUT2D eigenvalue weighted by atomic mass is 10.2. The SMILES string of the molecule is CCCCCCOc1ccc(C(=O)N(C)c2ccccc2)cc1Br. The van der Waals surface area contributed by atoms with E-state index in [1.165, 1.54) is 19.3 Å². The van der Waals surface area contributed by atoms with E-state index < -0.39 is 0 Å². The zero-order valence-electron chi connectivity index (χ0n) is 14.3. The van der Waals surface area contributed by atoms with Crippen molar-refractivity contribution in [1.29, 1.82) is 0 Å². The Morgan fingerprint density at radius 1 is 1.08 bits per heavy atom. The molecule has 1 amide bonds. The third-order valence-corrected chi connectivity index (χ3v) is 4.50. The topological polar surface area (TPSA) is 29.5 Å². The summed E-state index contributed by atoms with van der Waals surface area (Å²) in [6.07, 6.45) is 4.70. The van der Waals surface area contributed by atoms with E-state index in [9.17, 15) is 4.79 Å². The van der Waals surface area contributed by atoms with Crippen molar-refractivity contribution in [2.24, 2.45) is 0 Å². The van der Waals surface area contributed by atoms with Gasteiger partial charge in [-0.15, -0.1) is 0 Å². The number of nitrogens with zero attached hydrogens (tertiary/aromatic N) is 1. The molecule has 0 aliphatic rings. The molecule has 0 fully saturated rings. The zero-order valence-corrected chi connectivity index (χ0v) is 15.9. The number of benzene rings is 2. The summed E-state index contributed by atoms with van der Waals surface area (Å²) in [4.78, 5) is 14.3. The van der Waals surface area contributed by atoms with E-state index in [0.29, 0.717) is 12.2 Å². The third kappa shape index (κ3) is 5.10. The zero-order chi connectivity index (χ0) is 17.4. The van der Waals surface area contributed by atoms with E-state index in [1.54, 1.807) is 11.9 Å². The van der Waals surface area contributed by atoms with Gasteiger partial charge in [-0.2, -0.15) is 0 Å². The maximum Gasteiger partial charge on any atom is 0.258 e. The fourth-order valence-corrected chi connectivity index (χ4v) is 2.92. The first kappa shape index (κ1) is 18.5. The summed E-state index contributed by atoms with van der Waals surface area (Å²) in [7, 11) is 1.78. The highest BCUT2D eigenvalue weighted by atomic mass is 79.9. The molecule has 0 spiro atoms. The van der Waals surface area contributed by atoms with E-state index in [2.05, 4.69) is 22.9 Å². The maximum absolute atomic E-state index is 12.6. The molecule has 0 aliphatic heterocycles. The second kappa shape index (κ2) is 9.48. The van der Waals surface area contributed by atoms with Crippen molar-refractivity contribution < 1.29 is 9.53 Å². The molecule has 0 aliphatic carbocycles. The molecule has 24 heavy (non-hydrogen) atoms. The molecule has 3 nitrogen and oxygen atoms in total. The van der Waals surface area contributed by atoms with Gasteiger partial charge >= 0.3 is 0 Å². The fraction of sp³-hybridized carbons (Fsp3) is 0.350. The van der Waals surface area contributed by atoms with Gasteiger partial charge in [-0.1, -0.05) is 44.4 Å². The molecular formula is C20H24BrNO2. The summed E-state index contributed by atoms with van der Waals surface area (Å²) < 4.78 is 6.60. The summed E-state index contributed by atoms with van der Waals surface area (Å²) in [5.41, 5.74) is 1.50. The van der Waals surface area contributed by atoms with Crippen LogP contribution in [0.4, 0.5) is 5.69 Å². The van der Waals surface area contributed by atoms with Gasteiger partial charge in [0.25, 0.3) is 5.91 Å². The molecule has 0 unspecified atom stereocenters. The van der Waals surface area contributed by atoms with E-state index in [0.717, 1.165) is 22.3 Å². The number of hydrogen-bond acceptors (Lipinski definition) is 2. The average Bonchev–Trinajstić information content (AvgIpc) is 2.62. The lowest BCUT2D eigenvalue weighted by molar-refractivity contribution is 0.0993. The number of carbonyl (C=O) groups excluding carboxylic acids is 1. The molecule has 0 bridgehead atoms. The molecule has 0 saturated heterocycles. The summed E-state index contributed by atoms with van der Waals surface area (Å²) in [6.45, 7) is 2.90. The fourth-order valence-electron chi connectivity index (χ4n) is 2.42. The van der Waals surface area contributed by atoms with Crippen LogP contribution >= 0.6 is 15.9 Å². The first-order valence-corrected chi connectivity index (χ1v) is 9.18. The molecule has 128 valence electrons. The highest BCUT2D eigenvalue weighted by Gasteiger charge is 2.15. The first-order chi connectivity index (χ1) is 11.6. The van der Waals surface area contributed by atoms with Gasteiger partial charge in [0.05, 0.1) is 11.1 Å². The minimum atomic E-state index is -0.0450. The summed E-state index contributed by atoms with van der Waals surface area (Å²) in [5.74, 6) is 0.738. The Bertz CT molecular complexity index is 658. The van der Waals surface area contributed by atoms with Gasteiger partial charge in [0, 0.05) is 18.3 Å². The van der Waals surface area contributed by atoms with Crippen molar-refractivity contribution in [3.63, 3.8) is 0 Å². The number of rotatable bonds is 8. The minimum absolute atomic E-state index is 0.0450. The molecule has 0 N–H and O–H groups in total. The van der Waals surface area contributed by atoms with Gasteiger partial charge in [-0.25, -0.2) is 0 Å². The van der Waals surface area contributed by atoms with Crippen LogP contribution < -0.4 is 9.64 Å². The molecule has 0 atom stereocenters. The van der Waals surface area contributed by atoms with Crippen LogP contribution in [0.25, 0.3) is 0 Å². The van der Waals surface area contributed by atoms with Crippen LogP contribution in [0.2, 0.25) is 0 Å². The Hall–Kier alpha value is -1.81. The van der Waals surface area contributed by atoms with Crippen LogP contribution in [0.1, 0.15) is 43.0 Å². The summed E-state index contributed by atoms with van der Waals surface area (Å²) in [5, 5.41) is 0. The van der Waals surface area contributed by atoms with Crippen LogP contribution in [0.5, 0.6) is 5.75 Å². The van der Waals surface area contributed by atoms with Crippen LogP contribution in [-0.4, -0.2) is 19.6 Å². The van der Waals surface area contributed by atoms with Crippen LogP contribution in [-0.2, 0) is 0 Å². The molecule has 2 aromatic rings. The molecular weight excluding hydrogens is 366 g/mol.